The Morgan fingerprint density at radius 2 is 1.02 bits per heavy atom. The van der Waals surface area contributed by atoms with Gasteiger partial charge in [-0.1, -0.05) is 109 Å². The molecule has 7 rings (SSSR count). The average molecular weight is 662 g/mol. The van der Waals surface area contributed by atoms with Crippen molar-refractivity contribution in [1.29, 1.82) is 0 Å². The third-order valence-electron chi connectivity index (χ3n) is 9.04. The summed E-state index contributed by atoms with van der Waals surface area (Å²) < 4.78 is 12.3. The van der Waals surface area contributed by atoms with Crippen LogP contribution in [0.5, 0.6) is 11.5 Å². The second-order valence-corrected chi connectivity index (χ2v) is 12.7. The zero-order valence-electron chi connectivity index (χ0n) is 28.1. The molecule has 50 heavy (non-hydrogen) atoms. The monoisotopic (exact) mass is 661 g/mol. The molecule has 250 valence electrons. The largest absolute Gasteiger partial charge is 0.490 e. The van der Waals surface area contributed by atoms with Gasteiger partial charge in [0.2, 0.25) is 0 Å². The lowest BCUT2D eigenvalue weighted by Crippen LogP contribution is -2.40. The Morgan fingerprint density at radius 1 is 0.580 bits per heavy atom. The van der Waals surface area contributed by atoms with Crippen LogP contribution in [0.2, 0.25) is 0 Å². The first-order valence-corrected chi connectivity index (χ1v) is 16.9. The number of fused-ring (bicyclic) bond motifs is 1. The molecule has 0 aromatic heterocycles. The lowest BCUT2D eigenvalue weighted by atomic mass is 9.69. The quantitative estimate of drug-likeness (QED) is 0.146. The van der Waals surface area contributed by atoms with Gasteiger partial charge in [-0.25, -0.2) is 0 Å². The molecule has 0 radical (unpaired) electrons. The number of carbonyl (C=O) groups is 1. The van der Waals surface area contributed by atoms with Crippen molar-refractivity contribution in [2.75, 3.05) is 18.1 Å². The molecule has 2 unspecified atom stereocenters. The van der Waals surface area contributed by atoms with Gasteiger partial charge in [-0.05, 0) is 78.6 Å². The second-order valence-electron chi connectivity index (χ2n) is 12.7. The van der Waals surface area contributed by atoms with Gasteiger partial charge in [-0.2, -0.15) is 0 Å². The van der Waals surface area contributed by atoms with Gasteiger partial charge in [0.15, 0.2) is 0 Å². The van der Waals surface area contributed by atoms with Crippen LogP contribution in [0, 0.1) is 0 Å². The summed E-state index contributed by atoms with van der Waals surface area (Å²) in [6.45, 7) is 3.64. The number of anilines is 2. The molecule has 1 heterocycles. The van der Waals surface area contributed by atoms with E-state index < -0.39 is 17.6 Å². The first kappa shape index (κ1) is 32.8. The molecule has 1 amide bonds. The molecule has 0 bridgehead atoms. The maximum Gasteiger partial charge on any atom is 0.251 e. The minimum Gasteiger partial charge on any atom is -0.490 e. The predicted octanol–water partition coefficient (Wildman–Crippen LogP) is 8.55. The lowest BCUT2D eigenvalue weighted by Gasteiger charge is -2.32. The molecular formula is C44H39NO5. The molecule has 1 aliphatic rings. The van der Waals surface area contributed by atoms with E-state index in [0.717, 1.165) is 50.3 Å². The van der Waals surface area contributed by atoms with Crippen LogP contribution in [0.3, 0.4) is 0 Å². The van der Waals surface area contributed by atoms with Crippen molar-refractivity contribution in [3.8, 4) is 33.8 Å². The molecule has 6 aromatic rings. The van der Waals surface area contributed by atoms with Gasteiger partial charge in [-0.15, -0.1) is 0 Å². The van der Waals surface area contributed by atoms with Gasteiger partial charge in [0.1, 0.15) is 30.1 Å². The first-order valence-electron chi connectivity index (χ1n) is 16.9. The Kier molecular flexibility index (Phi) is 9.22. The Labute approximate surface area is 292 Å². The van der Waals surface area contributed by atoms with E-state index in [0.29, 0.717) is 11.5 Å². The number of nitrogens with zero attached hydrogens (tertiary/aromatic N) is 1. The number of hydrogen-bond acceptors (Lipinski definition) is 5. The summed E-state index contributed by atoms with van der Waals surface area (Å²) in [7, 11) is 0. The molecule has 6 nitrogen and oxygen atoms in total. The Hall–Kier alpha value is -5.69. The molecule has 0 spiro atoms. The van der Waals surface area contributed by atoms with E-state index in [2.05, 4.69) is 12.1 Å². The number of aliphatic hydroxyl groups excluding tert-OH is 2. The van der Waals surface area contributed by atoms with Crippen LogP contribution in [0.25, 0.3) is 22.3 Å². The Morgan fingerprint density at radius 3 is 1.50 bits per heavy atom. The molecule has 6 aromatic carbocycles. The van der Waals surface area contributed by atoms with Crippen molar-refractivity contribution in [2.45, 2.75) is 31.5 Å². The number of aliphatic hydroxyl groups is 2. The fraction of sp³-hybridized carbons (Fsp3) is 0.159. The highest BCUT2D eigenvalue weighted by atomic mass is 16.5. The van der Waals surface area contributed by atoms with E-state index in [1.54, 1.807) is 13.8 Å². The number of carbonyl (C=O) groups excluding carboxylic acids is 1. The summed E-state index contributed by atoms with van der Waals surface area (Å²) in [4.78, 5) is 17.4. The highest BCUT2D eigenvalue weighted by Crippen LogP contribution is 2.54. The Balaban J connectivity index is 1.53. The molecule has 6 heteroatoms. The SMILES string of the molecule is CC(O)COc1ccc(C2(c3ccc(OCC(C)O)c(-c4ccccc4)c3)C(=O)N(c3ccccc3)c3ccccc32)cc1-c1ccccc1. The summed E-state index contributed by atoms with van der Waals surface area (Å²) in [5.74, 6) is 1.11. The van der Waals surface area contributed by atoms with Gasteiger partial charge in [0.25, 0.3) is 5.91 Å². The van der Waals surface area contributed by atoms with Crippen LogP contribution in [0.1, 0.15) is 30.5 Å². The van der Waals surface area contributed by atoms with Crippen LogP contribution in [0.4, 0.5) is 11.4 Å². The summed E-state index contributed by atoms with van der Waals surface area (Å²) in [5, 5.41) is 20.2. The topological polar surface area (TPSA) is 79.2 Å². The van der Waals surface area contributed by atoms with Gasteiger partial charge in [0, 0.05) is 22.4 Å². The number of amides is 1. The van der Waals surface area contributed by atoms with E-state index in [9.17, 15) is 10.2 Å². The molecular weight excluding hydrogens is 622 g/mol. The third-order valence-corrected chi connectivity index (χ3v) is 9.04. The van der Waals surface area contributed by atoms with Gasteiger partial charge in [-0.3, -0.25) is 9.69 Å². The van der Waals surface area contributed by atoms with Crippen molar-refractivity contribution in [1.82, 2.24) is 0 Å². The minimum absolute atomic E-state index is 0.113. The molecule has 2 atom stereocenters. The summed E-state index contributed by atoms with van der Waals surface area (Å²) >= 11 is 0. The van der Waals surface area contributed by atoms with Gasteiger partial charge < -0.3 is 19.7 Å². The standard InChI is InChI=1S/C44H39NO5/c1-30(46)28-49-41-24-22-34(26-37(41)32-14-6-3-7-15-32)44(39-20-12-13-21-40(39)45(43(44)48)36-18-10-5-11-19-36)35-23-25-42(50-29-31(2)47)38(27-35)33-16-8-4-9-17-33/h3-27,30-31,46-47H,28-29H2,1-2H3. The van der Waals surface area contributed by atoms with Crippen LogP contribution < -0.4 is 14.4 Å². The fourth-order valence-corrected chi connectivity index (χ4v) is 6.82. The molecule has 0 saturated heterocycles. The smallest absolute Gasteiger partial charge is 0.251 e. The number of ether oxygens (including phenoxy) is 2. The van der Waals surface area contributed by atoms with E-state index in [1.165, 1.54) is 0 Å². The van der Waals surface area contributed by atoms with Crippen LogP contribution >= 0.6 is 0 Å². The van der Waals surface area contributed by atoms with Crippen LogP contribution in [-0.4, -0.2) is 41.5 Å². The van der Waals surface area contributed by atoms with Crippen molar-refractivity contribution in [3.63, 3.8) is 0 Å². The van der Waals surface area contributed by atoms with Crippen LogP contribution in [-0.2, 0) is 10.2 Å². The van der Waals surface area contributed by atoms with Gasteiger partial charge >= 0.3 is 0 Å². The predicted molar refractivity (Wildman–Crippen MR) is 198 cm³/mol. The maximum absolute atomic E-state index is 15.6. The minimum atomic E-state index is -1.27. The molecule has 2 N–H and O–H groups in total. The van der Waals surface area contributed by atoms with Crippen molar-refractivity contribution in [3.05, 3.63) is 168 Å². The number of para-hydroxylation sites is 2. The fourth-order valence-electron chi connectivity index (χ4n) is 6.82. The van der Waals surface area contributed by atoms with Gasteiger partial charge in [0.05, 0.1) is 17.9 Å². The highest BCUT2D eigenvalue weighted by molar-refractivity contribution is 6.17. The summed E-state index contributed by atoms with van der Waals surface area (Å²) in [6.07, 6.45) is -1.31. The van der Waals surface area contributed by atoms with Crippen molar-refractivity contribution >= 4 is 17.3 Å². The van der Waals surface area contributed by atoms with Crippen molar-refractivity contribution in [2.24, 2.45) is 0 Å². The molecule has 1 aliphatic heterocycles. The zero-order valence-corrected chi connectivity index (χ0v) is 28.1. The lowest BCUT2D eigenvalue weighted by molar-refractivity contribution is -0.120. The van der Waals surface area contributed by atoms with E-state index in [1.807, 2.05) is 144 Å². The van der Waals surface area contributed by atoms with E-state index >= 15 is 4.79 Å². The first-order chi connectivity index (χ1) is 24.4. The Bertz CT molecular complexity index is 2000. The van der Waals surface area contributed by atoms with Crippen molar-refractivity contribution < 1.29 is 24.5 Å². The second kappa shape index (κ2) is 14.0. The summed E-state index contributed by atoms with van der Waals surface area (Å²) in [5.41, 5.74) is 6.17. The third kappa shape index (κ3) is 6.04. The maximum atomic E-state index is 15.6. The average Bonchev–Trinajstić information content (AvgIpc) is 3.42. The number of rotatable bonds is 11. The molecule has 0 saturated carbocycles. The highest BCUT2D eigenvalue weighted by Gasteiger charge is 2.54. The van der Waals surface area contributed by atoms with Crippen LogP contribution in [0.15, 0.2) is 152 Å². The molecule has 0 aliphatic carbocycles. The molecule has 0 fully saturated rings. The summed E-state index contributed by atoms with van der Waals surface area (Å²) in [6, 6.07) is 49.4. The van der Waals surface area contributed by atoms with E-state index in [4.69, 9.17) is 9.47 Å². The number of benzene rings is 6. The van der Waals surface area contributed by atoms with E-state index in [-0.39, 0.29) is 19.1 Å². The normalized spacial score (nSPS) is 16.5. The number of hydrogen-bond donors (Lipinski definition) is 2. The zero-order chi connectivity index (χ0) is 34.7.